The molecule has 3 rings (SSSR count). The van der Waals surface area contributed by atoms with Gasteiger partial charge < -0.3 is 18.6 Å². The highest BCUT2D eigenvalue weighted by atomic mass is 32.1. The van der Waals surface area contributed by atoms with Gasteiger partial charge in [0.1, 0.15) is 18.2 Å². The summed E-state index contributed by atoms with van der Waals surface area (Å²) in [6, 6.07) is 8.54. The van der Waals surface area contributed by atoms with Crippen molar-refractivity contribution in [1.29, 1.82) is 0 Å². The Kier molecular flexibility index (Phi) is 5.90. The second kappa shape index (κ2) is 8.53. The molecule has 28 heavy (non-hydrogen) atoms. The number of rotatable bonds is 7. The molecule has 1 N–H and O–H groups in total. The number of hydrogen-bond donors (Lipinski definition) is 1. The highest BCUT2D eigenvalue weighted by Crippen LogP contribution is 2.28. The molecule has 0 aliphatic heterocycles. The second-order valence-corrected chi connectivity index (χ2v) is 5.98. The molecule has 0 saturated heterocycles. The Morgan fingerprint density at radius 2 is 2.14 bits per heavy atom. The zero-order chi connectivity index (χ0) is 20.1. The number of carbonyl (C=O) groups excluding carboxylic acids is 1. The van der Waals surface area contributed by atoms with Gasteiger partial charge in [0, 0.05) is 0 Å². The Labute approximate surface area is 165 Å². The maximum absolute atomic E-state index is 11.4. The topological polar surface area (TPSA) is 104 Å². The smallest absolute Gasteiger partial charge is 0.373 e. The lowest BCUT2D eigenvalue weighted by Gasteiger charge is -2.10. The van der Waals surface area contributed by atoms with Gasteiger partial charge in [-0.15, -0.1) is 0 Å². The van der Waals surface area contributed by atoms with E-state index in [0.29, 0.717) is 27.9 Å². The SMILES string of the molecule is COC(=O)c1ccc(COc2ccc(/C=N\n3c(C)n[nH]c3=S)cc2OC)o1. The molecule has 146 valence electrons. The number of benzene rings is 1. The fourth-order valence-corrected chi connectivity index (χ4v) is 2.55. The van der Waals surface area contributed by atoms with Crippen molar-refractivity contribution in [1.82, 2.24) is 14.9 Å². The Hall–Kier alpha value is -3.40. The summed E-state index contributed by atoms with van der Waals surface area (Å²) in [4.78, 5) is 11.4. The van der Waals surface area contributed by atoms with Gasteiger partial charge >= 0.3 is 5.97 Å². The van der Waals surface area contributed by atoms with Crippen molar-refractivity contribution in [2.24, 2.45) is 5.10 Å². The summed E-state index contributed by atoms with van der Waals surface area (Å²) in [5.74, 6) is 1.76. The van der Waals surface area contributed by atoms with E-state index < -0.39 is 5.97 Å². The first kappa shape index (κ1) is 19.4. The Balaban J connectivity index is 1.72. The first-order chi connectivity index (χ1) is 13.5. The van der Waals surface area contributed by atoms with E-state index in [-0.39, 0.29) is 12.4 Å². The van der Waals surface area contributed by atoms with E-state index >= 15 is 0 Å². The van der Waals surface area contributed by atoms with Crippen LogP contribution in [0.5, 0.6) is 11.5 Å². The molecule has 0 fully saturated rings. The summed E-state index contributed by atoms with van der Waals surface area (Å²) in [5, 5.41) is 11.0. The zero-order valence-corrected chi connectivity index (χ0v) is 16.3. The molecule has 2 heterocycles. The molecule has 0 aliphatic rings. The third kappa shape index (κ3) is 4.29. The standard InChI is InChI=1S/C18H18N4O5S/c1-11-20-21-18(28)22(11)19-9-12-4-6-14(16(8-12)24-2)26-10-13-5-7-15(27-13)17(23)25-3/h4-9H,10H2,1-3H3,(H,21,28)/b19-9-. The van der Waals surface area contributed by atoms with Crippen molar-refractivity contribution in [2.75, 3.05) is 14.2 Å². The second-order valence-electron chi connectivity index (χ2n) is 5.59. The van der Waals surface area contributed by atoms with Crippen LogP contribution in [0.1, 0.15) is 27.7 Å². The normalized spacial score (nSPS) is 11.0. The van der Waals surface area contributed by atoms with Crippen LogP contribution in [0.15, 0.2) is 39.9 Å². The number of nitrogens with one attached hydrogen (secondary N) is 1. The van der Waals surface area contributed by atoms with Gasteiger partial charge in [-0.25, -0.2) is 4.79 Å². The van der Waals surface area contributed by atoms with Crippen LogP contribution >= 0.6 is 12.2 Å². The predicted octanol–water partition coefficient (Wildman–Crippen LogP) is 3.10. The minimum atomic E-state index is -0.541. The van der Waals surface area contributed by atoms with Crippen molar-refractivity contribution in [3.8, 4) is 11.5 Å². The highest BCUT2D eigenvalue weighted by Gasteiger charge is 2.12. The summed E-state index contributed by atoms with van der Waals surface area (Å²) in [7, 11) is 2.83. The number of aromatic amines is 1. The maximum Gasteiger partial charge on any atom is 0.373 e. The maximum atomic E-state index is 11.4. The number of esters is 1. The van der Waals surface area contributed by atoms with Crippen LogP contribution in [0.3, 0.4) is 0 Å². The average molecular weight is 402 g/mol. The number of methoxy groups -OCH3 is 2. The molecule has 3 aromatic rings. The van der Waals surface area contributed by atoms with Crippen LogP contribution in [0.4, 0.5) is 0 Å². The molecular formula is C18H18N4O5S. The molecule has 0 unspecified atom stereocenters. The van der Waals surface area contributed by atoms with Crippen molar-refractivity contribution in [2.45, 2.75) is 13.5 Å². The van der Waals surface area contributed by atoms with Gasteiger partial charge in [-0.2, -0.15) is 14.9 Å². The third-order valence-electron chi connectivity index (χ3n) is 3.74. The zero-order valence-electron chi connectivity index (χ0n) is 15.5. The highest BCUT2D eigenvalue weighted by molar-refractivity contribution is 7.71. The minimum Gasteiger partial charge on any atom is -0.493 e. The Bertz CT molecular complexity index is 1070. The molecule has 0 bridgehead atoms. The lowest BCUT2D eigenvalue weighted by atomic mass is 10.2. The first-order valence-corrected chi connectivity index (χ1v) is 8.59. The fourth-order valence-electron chi connectivity index (χ4n) is 2.33. The van der Waals surface area contributed by atoms with E-state index in [4.69, 9.17) is 26.1 Å². The Morgan fingerprint density at radius 1 is 1.32 bits per heavy atom. The quantitative estimate of drug-likeness (QED) is 0.368. The van der Waals surface area contributed by atoms with E-state index in [2.05, 4.69) is 20.0 Å². The number of hydrogen-bond acceptors (Lipinski definition) is 8. The van der Waals surface area contributed by atoms with Gasteiger partial charge in [0.25, 0.3) is 0 Å². The number of H-pyrrole nitrogens is 1. The molecule has 10 heteroatoms. The summed E-state index contributed by atoms with van der Waals surface area (Å²) in [6.07, 6.45) is 1.64. The largest absolute Gasteiger partial charge is 0.493 e. The van der Waals surface area contributed by atoms with Crippen LogP contribution in [-0.2, 0) is 11.3 Å². The number of carbonyl (C=O) groups is 1. The number of nitrogens with zero attached hydrogens (tertiary/aromatic N) is 3. The van der Waals surface area contributed by atoms with Gasteiger partial charge in [-0.3, -0.25) is 5.10 Å². The van der Waals surface area contributed by atoms with Gasteiger partial charge in [-0.05, 0) is 55.0 Å². The molecule has 1 aromatic carbocycles. The van der Waals surface area contributed by atoms with Gasteiger partial charge in [0.05, 0.1) is 20.4 Å². The lowest BCUT2D eigenvalue weighted by molar-refractivity contribution is 0.0561. The molecule has 0 saturated carbocycles. The van der Waals surface area contributed by atoms with Gasteiger partial charge in [-0.1, -0.05) is 0 Å². The molecule has 0 amide bonds. The van der Waals surface area contributed by atoms with E-state index in [9.17, 15) is 4.79 Å². The summed E-state index contributed by atoms with van der Waals surface area (Å²) >= 11 is 5.11. The van der Waals surface area contributed by atoms with Crippen LogP contribution in [0, 0.1) is 11.7 Å². The first-order valence-electron chi connectivity index (χ1n) is 8.18. The fraction of sp³-hybridized carbons (Fsp3) is 0.222. The van der Waals surface area contributed by atoms with E-state index in [1.807, 2.05) is 6.07 Å². The Morgan fingerprint density at radius 3 is 2.82 bits per heavy atom. The van der Waals surface area contributed by atoms with Crippen molar-refractivity contribution in [3.05, 3.63) is 58.0 Å². The van der Waals surface area contributed by atoms with Crippen LogP contribution in [-0.4, -0.2) is 41.3 Å². The van der Waals surface area contributed by atoms with Crippen LogP contribution in [0.2, 0.25) is 0 Å². The van der Waals surface area contributed by atoms with Crippen LogP contribution < -0.4 is 9.47 Å². The van der Waals surface area contributed by atoms with Crippen molar-refractivity contribution >= 4 is 24.4 Å². The number of ether oxygens (including phenoxy) is 3. The van der Waals surface area contributed by atoms with Crippen LogP contribution in [0.25, 0.3) is 0 Å². The molecule has 9 nitrogen and oxygen atoms in total. The molecule has 0 atom stereocenters. The molecule has 0 radical (unpaired) electrons. The van der Waals surface area contributed by atoms with E-state index in [0.717, 1.165) is 5.56 Å². The van der Waals surface area contributed by atoms with Crippen molar-refractivity contribution in [3.63, 3.8) is 0 Å². The molecular weight excluding hydrogens is 384 g/mol. The number of furan rings is 1. The third-order valence-corrected chi connectivity index (χ3v) is 4.00. The van der Waals surface area contributed by atoms with E-state index in [1.54, 1.807) is 38.4 Å². The minimum absolute atomic E-state index is 0.118. The molecule has 0 spiro atoms. The monoisotopic (exact) mass is 402 g/mol. The molecule has 0 aliphatic carbocycles. The average Bonchev–Trinajstić information content (AvgIpc) is 3.31. The summed E-state index contributed by atoms with van der Waals surface area (Å²) in [5.41, 5.74) is 0.790. The number of aryl methyl sites for hydroxylation is 1. The summed E-state index contributed by atoms with van der Waals surface area (Å²) in [6.45, 7) is 1.92. The van der Waals surface area contributed by atoms with E-state index in [1.165, 1.54) is 17.9 Å². The van der Waals surface area contributed by atoms with Crippen molar-refractivity contribution < 1.29 is 23.4 Å². The lowest BCUT2D eigenvalue weighted by Crippen LogP contribution is -2.00. The van der Waals surface area contributed by atoms with Gasteiger partial charge in [0.2, 0.25) is 10.5 Å². The summed E-state index contributed by atoms with van der Waals surface area (Å²) < 4.78 is 23.0. The molecule has 2 aromatic heterocycles. The predicted molar refractivity (Wildman–Crippen MR) is 103 cm³/mol. The van der Waals surface area contributed by atoms with Gasteiger partial charge in [0.15, 0.2) is 11.5 Å². The number of aromatic nitrogens is 3.